The van der Waals surface area contributed by atoms with Crippen molar-refractivity contribution in [1.29, 1.82) is 0 Å². The van der Waals surface area contributed by atoms with Gasteiger partial charge in [0.2, 0.25) is 0 Å². The summed E-state index contributed by atoms with van der Waals surface area (Å²) in [4.78, 5) is 0. The van der Waals surface area contributed by atoms with Crippen LogP contribution in [0.4, 0.5) is 4.39 Å². The van der Waals surface area contributed by atoms with E-state index in [-0.39, 0.29) is 17.9 Å². The molecule has 1 unspecified atom stereocenters. The first-order valence-corrected chi connectivity index (χ1v) is 7.65. The number of hydrogen-bond acceptors (Lipinski definition) is 2. The predicted molar refractivity (Wildman–Crippen MR) is 87.1 cm³/mol. The fraction of sp³-hybridized carbons (Fsp3) is 0.294. The smallest absolute Gasteiger partial charge is 0.131 e. The fourth-order valence-corrected chi connectivity index (χ4v) is 2.74. The van der Waals surface area contributed by atoms with Crippen LogP contribution < -0.4 is 10.1 Å². The molecule has 2 aromatic carbocycles. The predicted octanol–water partition coefficient (Wildman–Crippen LogP) is 5.01. The van der Waals surface area contributed by atoms with Gasteiger partial charge in [-0.3, -0.25) is 0 Å². The van der Waals surface area contributed by atoms with Gasteiger partial charge < -0.3 is 10.1 Å². The summed E-state index contributed by atoms with van der Waals surface area (Å²) >= 11 is 3.47. The summed E-state index contributed by atoms with van der Waals surface area (Å²) in [6.07, 6.45) is 0. The molecule has 0 fully saturated rings. The zero-order valence-corrected chi connectivity index (χ0v) is 13.9. The average Bonchev–Trinajstić information content (AvgIpc) is 2.46. The summed E-state index contributed by atoms with van der Waals surface area (Å²) in [6, 6.07) is 13.1. The third kappa shape index (κ3) is 4.05. The zero-order valence-electron chi connectivity index (χ0n) is 12.4. The highest BCUT2D eigenvalue weighted by molar-refractivity contribution is 9.10. The van der Waals surface area contributed by atoms with Gasteiger partial charge in [-0.2, -0.15) is 0 Å². The SMILES string of the molecule is COc1ccc(C(C)N[C@@H](C)c2cccc(Br)c2)c(F)c1. The minimum atomic E-state index is -0.254. The number of benzene rings is 2. The Labute approximate surface area is 133 Å². The molecule has 2 rings (SSSR count). The monoisotopic (exact) mass is 351 g/mol. The van der Waals surface area contributed by atoms with Crippen LogP contribution in [0, 0.1) is 5.82 Å². The van der Waals surface area contributed by atoms with Crippen molar-refractivity contribution in [2.45, 2.75) is 25.9 Å². The molecule has 2 atom stereocenters. The molecule has 0 aliphatic carbocycles. The van der Waals surface area contributed by atoms with Crippen LogP contribution in [0.5, 0.6) is 5.75 Å². The van der Waals surface area contributed by atoms with E-state index in [9.17, 15) is 4.39 Å². The standard InChI is InChI=1S/C17H19BrFNO/c1-11(13-5-4-6-14(18)9-13)20-12(2)16-8-7-15(21-3)10-17(16)19/h4-12,20H,1-3H3/t11-,12?/m0/s1. The van der Waals surface area contributed by atoms with Gasteiger partial charge in [0.25, 0.3) is 0 Å². The molecule has 0 saturated heterocycles. The summed E-state index contributed by atoms with van der Waals surface area (Å²) in [5, 5.41) is 3.42. The van der Waals surface area contributed by atoms with Crippen LogP contribution >= 0.6 is 15.9 Å². The minimum Gasteiger partial charge on any atom is -0.497 e. The van der Waals surface area contributed by atoms with Crippen LogP contribution in [0.1, 0.15) is 37.1 Å². The molecule has 0 aromatic heterocycles. The van der Waals surface area contributed by atoms with Crippen LogP contribution in [-0.4, -0.2) is 7.11 Å². The third-order valence-corrected chi connectivity index (χ3v) is 4.02. The highest BCUT2D eigenvalue weighted by atomic mass is 79.9. The van der Waals surface area contributed by atoms with Gasteiger partial charge in [0.05, 0.1) is 7.11 Å². The Hall–Kier alpha value is -1.39. The highest BCUT2D eigenvalue weighted by Gasteiger charge is 2.15. The van der Waals surface area contributed by atoms with Crippen molar-refractivity contribution < 1.29 is 9.13 Å². The number of halogens is 2. The number of ether oxygens (including phenoxy) is 1. The summed E-state index contributed by atoms with van der Waals surface area (Å²) in [6.45, 7) is 4.03. The second-order valence-electron chi connectivity index (χ2n) is 5.05. The molecule has 0 radical (unpaired) electrons. The Bertz CT molecular complexity index is 617. The lowest BCUT2D eigenvalue weighted by molar-refractivity contribution is 0.408. The molecule has 0 aliphatic rings. The molecule has 2 aromatic rings. The van der Waals surface area contributed by atoms with Crippen LogP contribution in [-0.2, 0) is 0 Å². The topological polar surface area (TPSA) is 21.3 Å². The molecule has 21 heavy (non-hydrogen) atoms. The van der Waals surface area contributed by atoms with Crippen LogP contribution in [0.25, 0.3) is 0 Å². The molecule has 0 bridgehead atoms. The zero-order chi connectivity index (χ0) is 15.4. The highest BCUT2D eigenvalue weighted by Crippen LogP contribution is 2.25. The van der Waals surface area contributed by atoms with Crippen molar-refractivity contribution in [3.63, 3.8) is 0 Å². The van der Waals surface area contributed by atoms with Gasteiger partial charge in [0.1, 0.15) is 11.6 Å². The van der Waals surface area contributed by atoms with Crippen LogP contribution in [0.15, 0.2) is 46.9 Å². The number of nitrogens with one attached hydrogen (secondary N) is 1. The Morgan fingerprint density at radius 1 is 1.10 bits per heavy atom. The van der Waals surface area contributed by atoms with E-state index >= 15 is 0 Å². The number of rotatable bonds is 5. The second-order valence-corrected chi connectivity index (χ2v) is 5.97. The maximum absolute atomic E-state index is 14.1. The van der Waals surface area contributed by atoms with E-state index in [0.717, 1.165) is 10.0 Å². The lowest BCUT2D eigenvalue weighted by Gasteiger charge is -2.21. The lowest BCUT2D eigenvalue weighted by Crippen LogP contribution is -2.23. The summed E-state index contributed by atoms with van der Waals surface area (Å²) in [5.41, 5.74) is 1.79. The normalized spacial score (nSPS) is 13.8. The molecule has 0 aliphatic heterocycles. The molecule has 0 amide bonds. The van der Waals surface area contributed by atoms with E-state index < -0.39 is 0 Å². The van der Waals surface area contributed by atoms with Gasteiger partial charge in [-0.05, 0) is 37.6 Å². The van der Waals surface area contributed by atoms with E-state index in [2.05, 4.69) is 40.3 Å². The largest absolute Gasteiger partial charge is 0.497 e. The van der Waals surface area contributed by atoms with Gasteiger partial charge in [-0.15, -0.1) is 0 Å². The van der Waals surface area contributed by atoms with Crippen molar-refractivity contribution in [1.82, 2.24) is 5.32 Å². The summed E-state index contributed by atoms with van der Waals surface area (Å²) in [5.74, 6) is 0.277. The van der Waals surface area contributed by atoms with Crippen LogP contribution in [0.3, 0.4) is 0 Å². The number of methoxy groups -OCH3 is 1. The average molecular weight is 352 g/mol. The van der Waals surface area contributed by atoms with E-state index in [1.165, 1.54) is 13.2 Å². The van der Waals surface area contributed by atoms with Crippen molar-refractivity contribution >= 4 is 15.9 Å². The van der Waals surface area contributed by atoms with Gasteiger partial charge >= 0.3 is 0 Å². The van der Waals surface area contributed by atoms with Crippen molar-refractivity contribution in [2.24, 2.45) is 0 Å². The van der Waals surface area contributed by atoms with E-state index in [1.54, 1.807) is 12.1 Å². The van der Waals surface area contributed by atoms with Crippen molar-refractivity contribution in [2.75, 3.05) is 7.11 Å². The first-order valence-electron chi connectivity index (χ1n) is 6.86. The molecule has 0 spiro atoms. The molecule has 0 heterocycles. The summed E-state index contributed by atoms with van der Waals surface area (Å²) in [7, 11) is 1.53. The van der Waals surface area contributed by atoms with E-state index in [0.29, 0.717) is 11.3 Å². The Morgan fingerprint density at radius 3 is 2.48 bits per heavy atom. The van der Waals surface area contributed by atoms with E-state index in [4.69, 9.17) is 4.74 Å². The Morgan fingerprint density at radius 2 is 1.86 bits per heavy atom. The van der Waals surface area contributed by atoms with Gasteiger partial charge in [-0.1, -0.05) is 34.1 Å². The minimum absolute atomic E-state index is 0.0927. The quantitative estimate of drug-likeness (QED) is 0.817. The molecular formula is C17H19BrFNO. The Kier molecular flexibility index (Phi) is 5.37. The van der Waals surface area contributed by atoms with Gasteiger partial charge in [-0.25, -0.2) is 4.39 Å². The van der Waals surface area contributed by atoms with Gasteiger partial charge in [0.15, 0.2) is 0 Å². The first kappa shape index (κ1) is 16.0. The van der Waals surface area contributed by atoms with Crippen molar-refractivity contribution in [3.8, 4) is 5.75 Å². The molecule has 0 saturated carbocycles. The molecular weight excluding hydrogens is 333 g/mol. The second kappa shape index (κ2) is 7.05. The summed E-state index contributed by atoms with van der Waals surface area (Å²) < 4.78 is 20.1. The Balaban J connectivity index is 2.12. The maximum atomic E-state index is 14.1. The fourth-order valence-electron chi connectivity index (χ4n) is 2.32. The molecule has 2 nitrogen and oxygen atoms in total. The number of hydrogen-bond donors (Lipinski definition) is 1. The van der Waals surface area contributed by atoms with E-state index in [1.807, 2.05) is 19.1 Å². The van der Waals surface area contributed by atoms with Crippen LogP contribution in [0.2, 0.25) is 0 Å². The first-order chi connectivity index (χ1) is 10.0. The molecule has 112 valence electrons. The van der Waals surface area contributed by atoms with Gasteiger partial charge in [0, 0.05) is 28.2 Å². The van der Waals surface area contributed by atoms with Crippen molar-refractivity contribution in [3.05, 3.63) is 63.9 Å². The lowest BCUT2D eigenvalue weighted by atomic mass is 10.0. The molecule has 1 N–H and O–H groups in total. The maximum Gasteiger partial charge on any atom is 0.131 e. The molecule has 4 heteroatoms. The third-order valence-electron chi connectivity index (χ3n) is 3.52.